The van der Waals surface area contributed by atoms with E-state index in [0.717, 1.165) is 0 Å². The van der Waals surface area contributed by atoms with Crippen LogP contribution in [0.3, 0.4) is 0 Å². The van der Waals surface area contributed by atoms with Crippen LogP contribution < -0.4 is 5.73 Å². The Labute approximate surface area is 70.4 Å². The van der Waals surface area contributed by atoms with E-state index in [9.17, 15) is 4.79 Å². The Morgan fingerprint density at radius 2 is 2.50 bits per heavy atom. The van der Waals surface area contributed by atoms with Crippen molar-refractivity contribution >= 4 is 6.09 Å². The van der Waals surface area contributed by atoms with Crippen molar-refractivity contribution in [2.75, 3.05) is 13.1 Å². The second-order valence-corrected chi connectivity index (χ2v) is 2.89. The van der Waals surface area contributed by atoms with Gasteiger partial charge in [-0.15, -0.1) is 0 Å². The molecule has 1 saturated heterocycles. The minimum atomic E-state index is -0.983. The quantitative estimate of drug-likeness (QED) is 0.570. The highest BCUT2D eigenvalue weighted by atomic mass is 16.4. The standard InChI is InChI=1S/C7H11N3O2/c8-2-5-1-6(3-9)10(4-5)7(11)12/h5-6H,1,3-4,9H2,(H,11,12)/t5-,6+/m1/s1. The lowest BCUT2D eigenvalue weighted by Gasteiger charge is -2.18. The van der Waals surface area contributed by atoms with Crippen LogP contribution in [-0.2, 0) is 0 Å². The van der Waals surface area contributed by atoms with Gasteiger partial charge in [-0.05, 0) is 6.42 Å². The number of carboxylic acid groups (broad SMARTS) is 1. The maximum absolute atomic E-state index is 10.6. The van der Waals surface area contributed by atoms with E-state index in [-0.39, 0.29) is 12.0 Å². The first-order valence-electron chi connectivity index (χ1n) is 3.78. The number of nitrogens with two attached hydrogens (primary N) is 1. The summed E-state index contributed by atoms with van der Waals surface area (Å²) in [6.07, 6.45) is -0.414. The van der Waals surface area contributed by atoms with Crippen LogP contribution in [0.1, 0.15) is 6.42 Å². The molecule has 1 heterocycles. The Hall–Kier alpha value is -1.28. The first-order valence-corrected chi connectivity index (χ1v) is 3.78. The molecule has 0 bridgehead atoms. The molecule has 1 aliphatic heterocycles. The van der Waals surface area contributed by atoms with Crippen LogP contribution in [0.4, 0.5) is 4.79 Å². The van der Waals surface area contributed by atoms with E-state index in [1.807, 2.05) is 0 Å². The summed E-state index contributed by atoms with van der Waals surface area (Å²) in [5.41, 5.74) is 5.36. The molecular formula is C7H11N3O2. The van der Waals surface area contributed by atoms with Crippen molar-refractivity contribution in [3.63, 3.8) is 0 Å². The number of amides is 1. The van der Waals surface area contributed by atoms with Crippen LogP contribution in [0, 0.1) is 17.2 Å². The number of hydrogen-bond acceptors (Lipinski definition) is 3. The number of hydrogen-bond donors (Lipinski definition) is 2. The van der Waals surface area contributed by atoms with Gasteiger partial charge in [-0.25, -0.2) is 4.79 Å². The zero-order valence-electron chi connectivity index (χ0n) is 6.60. The molecule has 0 spiro atoms. The van der Waals surface area contributed by atoms with Crippen molar-refractivity contribution in [1.82, 2.24) is 4.90 Å². The van der Waals surface area contributed by atoms with Gasteiger partial charge in [0.2, 0.25) is 0 Å². The normalized spacial score (nSPS) is 28.5. The van der Waals surface area contributed by atoms with Gasteiger partial charge < -0.3 is 15.7 Å². The average Bonchev–Trinajstić information content (AvgIpc) is 2.47. The van der Waals surface area contributed by atoms with Gasteiger partial charge in [0.05, 0.1) is 12.0 Å². The number of carbonyl (C=O) groups is 1. The van der Waals surface area contributed by atoms with E-state index in [1.165, 1.54) is 4.90 Å². The number of nitrogens with zero attached hydrogens (tertiary/aromatic N) is 2. The van der Waals surface area contributed by atoms with Crippen molar-refractivity contribution in [1.29, 1.82) is 5.26 Å². The summed E-state index contributed by atoms with van der Waals surface area (Å²) in [5, 5.41) is 17.3. The van der Waals surface area contributed by atoms with Crippen molar-refractivity contribution < 1.29 is 9.90 Å². The topological polar surface area (TPSA) is 90.4 Å². The smallest absolute Gasteiger partial charge is 0.407 e. The number of nitriles is 1. The van der Waals surface area contributed by atoms with Gasteiger partial charge in [-0.2, -0.15) is 5.26 Å². The maximum Gasteiger partial charge on any atom is 0.407 e. The third kappa shape index (κ3) is 1.48. The first-order chi connectivity index (χ1) is 5.69. The van der Waals surface area contributed by atoms with Crippen molar-refractivity contribution in [2.45, 2.75) is 12.5 Å². The molecule has 0 aliphatic carbocycles. The fourth-order valence-corrected chi connectivity index (χ4v) is 1.47. The largest absolute Gasteiger partial charge is 0.465 e. The molecule has 12 heavy (non-hydrogen) atoms. The van der Waals surface area contributed by atoms with Crippen LogP contribution in [0.15, 0.2) is 0 Å². The molecule has 5 heteroatoms. The second kappa shape index (κ2) is 3.41. The minimum Gasteiger partial charge on any atom is -0.465 e. The van der Waals surface area contributed by atoms with E-state index in [1.54, 1.807) is 0 Å². The third-order valence-corrected chi connectivity index (χ3v) is 2.11. The Morgan fingerprint density at radius 3 is 2.83 bits per heavy atom. The highest BCUT2D eigenvalue weighted by molar-refractivity contribution is 5.66. The molecule has 1 aliphatic rings. The van der Waals surface area contributed by atoms with Gasteiger partial charge in [0, 0.05) is 19.1 Å². The van der Waals surface area contributed by atoms with Crippen LogP contribution in [0.5, 0.6) is 0 Å². The third-order valence-electron chi connectivity index (χ3n) is 2.11. The second-order valence-electron chi connectivity index (χ2n) is 2.89. The Kier molecular flexibility index (Phi) is 2.51. The monoisotopic (exact) mass is 169 g/mol. The van der Waals surface area contributed by atoms with Crippen LogP contribution in [0.2, 0.25) is 0 Å². The Balaban J connectivity index is 2.64. The summed E-state index contributed by atoms with van der Waals surface area (Å²) in [6, 6.07) is 1.88. The first kappa shape index (κ1) is 8.81. The van der Waals surface area contributed by atoms with Crippen molar-refractivity contribution in [2.24, 2.45) is 11.7 Å². The van der Waals surface area contributed by atoms with Gasteiger partial charge in [0.25, 0.3) is 0 Å². The molecule has 0 unspecified atom stereocenters. The minimum absolute atomic E-state index is 0.174. The highest BCUT2D eigenvalue weighted by Crippen LogP contribution is 2.21. The molecule has 5 nitrogen and oxygen atoms in total. The van der Waals surface area contributed by atoms with Gasteiger partial charge in [0.15, 0.2) is 0 Å². The lowest BCUT2D eigenvalue weighted by molar-refractivity contribution is 0.141. The molecule has 0 aromatic rings. The summed E-state index contributed by atoms with van der Waals surface area (Å²) in [4.78, 5) is 11.8. The lowest BCUT2D eigenvalue weighted by atomic mass is 10.1. The Morgan fingerprint density at radius 1 is 1.83 bits per heavy atom. The fraction of sp³-hybridized carbons (Fsp3) is 0.714. The van der Waals surface area contributed by atoms with Crippen LogP contribution in [0.25, 0.3) is 0 Å². The molecule has 1 fully saturated rings. The molecule has 3 N–H and O–H groups in total. The molecule has 1 amide bonds. The summed E-state index contributed by atoms with van der Waals surface area (Å²) < 4.78 is 0. The fourth-order valence-electron chi connectivity index (χ4n) is 1.47. The van der Waals surface area contributed by atoms with Crippen molar-refractivity contribution in [3.8, 4) is 6.07 Å². The number of likely N-dealkylation sites (tertiary alicyclic amines) is 1. The summed E-state index contributed by atoms with van der Waals surface area (Å²) in [5.74, 6) is -0.186. The van der Waals surface area contributed by atoms with E-state index in [0.29, 0.717) is 19.5 Å². The molecule has 0 aromatic carbocycles. The molecule has 0 radical (unpaired) electrons. The van der Waals surface area contributed by atoms with Crippen LogP contribution >= 0.6 is 0 Å². The van der Waals surface area contributed by atoms with E-state index >= 15 is 0 Å². The molecule has 66 valence electrons. The van der Waals surface area contributed by atoms with E-state index < -0.39 is 6.09 Å². The average molecular weight is 169 g/mol. The molecule has 0 saturated carbocycles. The molecular weight excluding hydrogens is 158 g/mol. The van der Waals surface area contributed by atoms with Gasteiger partial charge in [0.1, 0.15) is 0 Å². The zero-order chi connectivity index (χ0) is 9.14. The van der Waals surface area contributed by atoms with E-state index in [4.69, 9.17) is 16.1 Å². The summed E-state index contributed by atoms with van der Waals surface area (Å²) in [6.45, 7) is 0.595. The predicted octanol–water partition coefficient (Wildman–Crippen LogP) is -0.163. The predicted molar refractivity (Wildman–Crippen MR) is 41.3 cm³/mol. The van der Waals surface area contributed by atoms with Crippen LogP contribution in [-0.4, -0.2) is 35.2 Å². The molecule has 2 atom stereocenters. The van der Waals surface area contributed by atoms with Gasteiger partial charge in [-0.1, -0.05) is 0 Å². The van der Waals surface area contributed by atoms with Crippen molar-refractivity contribution in [3.05, 3.63) is 0 Å². The van der Waals surface area contributed by atoms with Gasteiger partial charge >= 0.3 is 6.09 Å². The SMILES string of the molecule is N#C[C@H]1C[C@@H](CN)N(C(=O)O)C1. The van der Waals surface area contributed by atoms with Gasteiger partial charge in [-0.3, -0.25) is 0 Å². The molecule has 1 rings (SSSR count). The Bertz CT molecular complexity index is 223. The van der Waals surface area contributed by atoms with E-state index in [2.05, 4.69) is 6.07 Å². The number of rotatable bonds is 1. The summed E-state index contributed by atoms with van der Waals surface area (Å²) in [7, 11) is 0. The summed E-state index contributed by atoms with van der Waals surface area (Å²) >= 11 is 0. The maximum atomic E-state index is 10.6. The molecule has 0 aromatic heterocycles. The highest BCUT2D eigenvalue weighted by Gasteiger charge is 2.34. The lowest BCUT2D eigenvalue weighted by Crippen LogP contribution is -2.38. The zero-order valence-corrected chi connectivity index (χ0v) is 6.60.